The predicted molar refractivity (Wildman–Crippen MR) is 168 cm³/mol. The summed E-state index contributed by atoms with van der Waals surface area (Å²) in [5.74, 6) is 5.45. The third-order valence-corrected chi connectivity index (χ3v) is 14.1. The van der Waals surface area contributed by atoms with Gasteiger partial charge in [0.15, 0.2) is 0 Å². The number of carbonyl (C=O) groups excluding carboxylic acids is 2. The molecule has 0 aromatic carbocycles. The van der Waals surface area contributed by atoms with Crippen LogP contribution in [0.2, 0.25) is 0 Å². The second-order valence-corrected chi connectivity index (χ2v) is 16.0. The van der Waals surface area contributed by atoms with Crippen molar-refractivity contribution in [3.8, 4) is 0 Å². The first-order chi connectivity index (χ1) is 21.1. The van der Waals surface area contributed by atoms with Crippen LogP contribution in [0.1, 0.15) is 128 Å². The van der Waals surface area contributed by atoms with E-state index in [2.05, 4.69) is 10.6 Å². The summed E-state index contributed by atoms with van der Waals surface area (Å²) < 4.78 is 12.4. The number of esters is 2. The highest BCUT2D eigenvalue weighted by atomic mass is 16.5. The summed E-state index contributed by atoms with van der Waals surface area (Å²) in [7, 11) is 0. The minimum absolute atomic E-state index is 0.0531. The zero-order chi connectivity index (χ0) is 29.2. The number of carbonyl (C=O) groups is 2. The minimum Gasteiger partial charge on any atom is -0.462 e. The number of nitrogens with one attached hydrogen (secondary N) is 2. The van der Waals surface area contributed by atoms with Crippen molar-refractivity contribution in [1.82, 2.24) is 10.6 Å². The summed E-state index contributed by atoms with van der Waals surface area (Å²) in [5, 5.41) is 6.78. The molecule has 2 N–H and O–H groups in total. The van der Waals surface area contributed by atoms with Crippen molar-refractivity contribution in [3.63, 3.8) is 0 Å². The van der Waals surface area contributed by atoms with E-state index in [1.807, 2.05) is 0 Å². The van der Waals surface area contributed by atoms with E-state index in [0.29, 0.717) is 5.41 Å². The highest BCUT2D eigenvalue weighted by Crippen LogP contribution is 2.71. The average Bonchev–Trinajstić information content (AvgIpc) is 3.37. The van der Waals surface area contributed by atoms with Gasteiger partial charge in [-0.15, -0.1) is 0 Å². The van der Waals surface area contributed by atoms with Crippen molar-refractivity contribution < 1.29 is 19.1 Å². The van der Waals surface area contributed by atoms with Crippen LogP contribution in [0.15, 0.2) is 0 Å². The Labute approximate surface area is 260 Å². The Morgan fingerprint density at radius 2 is 0.907 bits per heavy atom. The molecular weight excluding hydrogens is 536 g/mol. The lowest BCUT2D eigenvalue weighted by Gasteiger charge is -2.57. The lowest BCUT2D eigenvalue weighted by molar-refractivity contribution is -0.160. The number of hydrogen-bond acceptors (Lipinski definition) is 6. The van der Waals surface area contributed by atoms with E-state index in [0.717, 1.165) is 113 Å². The van der Waals surface area contributed by atoms with Gasteiger partial charge in [0, 0.05) is 13.1 Å². The van der Waals surface area contributed by atoms with Gasteiger partial charge in [0.25, 0.3) is 0 Å². The van der Waals surface area contributed by atoms with E-state index in [1.54, 1.807) is 0 Å². The van der Waals surface area contributed by atoms with Crippen LogP contribution < -0.4 is 10.6 Å². The first-order valence-corrected chi connectivity index (χ1v) is 19.0. The molecule has 7 fully saturated rings. The summed E-state index contributed by atoms with van der Waals surface area (Å²) in [6.45, 7) is 3.64. The first kappa shape index (κ1) is 30.5. The molecule has 6 atom stereocenters. The number of fused-ring (bicyclic) bond motifs is 3. The van der Waals surface area contributed by atoms with Gasteiger partial charge >= 0.3 is 11.9 Å². The summed E-state index contributed by atoms with van der Waals surface area (Å²) in [4.78, 5) is 26.0. The largest absolute Gasteiger partial charge is 0.462 e. The molecule has 43 heavy (non-hydrogen) atoms. The maximum atomic E-state index is 13.0. The molecule has 0 bridgehead atoms. The summed E-state index contributed by atoms with van der Waals surface area (Å²) in [6.07, 6.45) is 25.2. The molecular formula is C37H60N2O4. The van der Waals surface area contributed by atoms with Crippen molar-refractivity contribution >= 4 is 11.9 Å². The van der Waals surface area contributed by atoms with Crippen LogP contribution in [0.25, 0.3) is 0 Å². The second kappa shape index (κ2) is 13.7. The fourth-order valence-corrected chi connectivity index (χ4v) is 12.4. The van der Waals surface area contributed by atoms with Crippen molar-refractivity contribution in [3.05, 3.63) is 0 Å². The zero-order valence-electron chi connectivity index (χ0n) is 26.9. The van der Waals surface area contributed by atoms with Gasteiger partial charge < -0.3 is 20.1 Å². The number of ether oxygens (including phenoxy) is 2. The quantitative estimate of drug-likeness (QED) is 0.329. The van der Waals surface area contributed by atoms with E-state index in [-0.39, 0.29) is 36.0 Å². The molecule has 242 valence electrons. The molecule has 5 saturated carbocycles. The molecule has 5 aliphatic carbocycles. The summed E-state index contributed by atoms with van der Waals surface area (Å²) in [6, 6.07) is 0. The van der Waals surface area contributed by atoms with Gasteiger partial charge in [0.2, 0.25) is 0 Å². The van der Waals surface area contributed by atoms with Gasteiger partial charge in [-0.05, 0) is 157 Å². The molecule has 2 heterocycles. The number of hydrogen-bond donors (Lipinski definition) is 2. The van der Waals surface area contributed by atoms with E-state index in [1.165, 1.54) is 77.0 Å². The van der Waals surface area contributed by atoms with Crippen LogP contribution in [-0.4, -0.2) is 50.3 Å². The topological polar surface area (TPSA) is 76.7 Å². The minimum atomic E-state index is 0.0531. The Kier molecular flexibility index (Phi) is 9.71. The third kappa shape index (κ3) is 6.07. The van der Waals surface area contributed by atoms with E-state index in [9.17, 15) is 9.59 Å². The predicted octanol–water partition coefficient (Wildman–Crippen LogP) is 6.80. The maximum Gasteiger partial charge on any atom is 0.310 e. The fourth-order valence-electron chi connectivity index (χ4n) is 12.4. The van der Waals surface area contributed by atoms with Crippen LogP contribution in [0.5, 0.6) is 0 Å². The molecule has 0 aromatic heterocycles. The van der Waals surface area contributed by atoms with Crippen molar-refractivity contribution in [2.45, 2.75) is 141 Å². The fraction of sp³-hybridized carbons (Fsp3) is 0.946. The van der Waals surface area contributed by atoms with Crippen LogP contribution in [0.3, 0.4) is 0 Å². The van der Waals surface area contributed by atoms with E-state index >= 15 is 0 Å². The smallest absolute Gasteiger partial charge is 0.310 e. The van der Waals surface area contributed by atoms with E-state index in [4.69, 9.17) is 9.47 Å². The Balaban J connectivity index is 1.06. The molecule has 2 saturated heterocycles. The summed E-state index contributed by atoms with van der Waals surface area (Å²) in [5.41, 5.74) is 0.459. The Morgan fingerprint density at radius 1 is 0.488 bits per heavy atom. The molecule has 6 nitrogen and oxygen atoms in total. The van der Waals surface area contributed by atoms with Crippen molar-refractivity contribution in [1.29, 1.82) is 0 Å². The monoisotopic (exact) mass is 596 g/mol. The Bertz CT molecular complexity index is 866. The van der Waals surface area contributed by atoms with Crippen molar-refractivity contribution in [2.75, 3.05) is 26.2 Å². The molecule has 6 heteroatoms. The lowest BCUT2D eigenvalue weighted by Crippen LogP contribution is -2.51. The van der Waals surface area contributed by atoms with Crippen LogP contribution >= 0.6 is 0 Å². The zero-order valence-corrected chi connectivity index (χ0v) is 26.9. The van der Waals surface area contributed by atoms with Gasteiger partial charge in [-0.3, -0.25) is 9.59 Å². The molecule has 2 aliphatic heterocycles. The van der Waals surface area contributed by atoms with Gasteiger partial charge in [-0.2, -0.15) is 0 Å². The SMILES string of the molecule is O=C(OC1CCC(C2(C3CCC(OC(=O)C4CCCNC4)CC3)C3CCCCC3C3CCCCC32)CC1)C1CCCNC1. The molecule has 6 unspecified atom stereocenters. The van der Waals surface area contributed by atoms with Gasteiger partial charge in [0.05, 0.1) is 11.8 Å². The molecule has 7 rings (SSSR count). The van der Waals surface area contributed by atoms with Gasteiger partial charge in [0.1, 0.15) is 12.2 Å². The van der Waals surface area contributed by atoms with Crippen LogP contribution in [0.4, 0.5) is 0 Å². The molecule has 7 aliphatic rings. The lowest BCUT2D eigenvalue weighted by atomic mass is 9.48. The maximum absolute atomic E-state index is 13.0. The number of rotatable bonds is 6. The number of piperidine rings is 2. The normalized spacial score (nSPS) is 45.4. The highest BCUT2D eigenvalue weighted by Gasteiger charge is 2.65. The van der Waals surface area contributed by atoms with Crippen LogP contribution in [-0.2, 0) is 19.1 Å². The average molecular weight is 597 g/mol. The van der Waals surface area contributed by atoms with E-state index < -0.39 is 0 Å². The first-order valence-electron chi connectivity index (χ1n) is 19.0. The molecule has 0 radical (unpaired) electrons. The van der Waals surface area contributed by atoms with Crippen molar-refractivity contribution in [2.24, 2.45) is 52.8 Å². The van der Waals surface area contributed by atoms with Gasteiger partial charge in [-0.1, -0.05) is 25.7 Å². The van der Waals surface area contributed by atoms with Gasteiger partial charge in [-0.25, -0.2) is 0 Å². The highest BCUT2D eigenvalue weighted by molar-refractivity contribution is 5.73. The third-order valence-electron chi connectivity index (χ3n) is 14.1. The molecule has 0 amide bonds. The molecule has 0 aromatic rings. The summed E-state index contributed by atoms with van der Waals surface area (Å²) >= 11 is 0. The molecule has 0 spiro atoms. The standard InChI is InChI=1S/C37H60N2O4/c40-35(25-7-5-21-38-23-25)42-29-17-13-27(14-18-29)37(33-11-3-1-9-31(33)32-10-2-4-12-34(32)37)28-15-19-30(20-16-28)43-36(41)26-8-6-22-39-24-26/h25-34,38-39H,1-24H2. The Hall–Kier alpha value is -1.14. The Morgan fingerprint density at radius 3 is 1.30 bits per heavy atom. The second-order valence-electron chi connectivity index (χ2n) is 16.0. The van der Waals surface area contributed by atoms with Crippen LogP contribution in [0, 0.1) is 52.8 Å².